The molecule has 0 fully saturated rings. The van der Waals surface area contributed by atoms with Crippen LogP contribution in [-0.4, -0.2) is 11.1 Å². The van der Waals surface area contributed by atoms with Crippen LogP contribution in [0.5, 0.6) is 0 Å². The number of hydrogen-bond acceptors (Lipinski definition) is 3. The lowest BCUT2D eigenvalue weighted by atomic mass is 9.88. The second-order valence-electron chi connectivity index (χ2n) is 4.93. The van der Waals surface area contributed by atoms with Crippen molar-refractivity contribution in [3.8, 4) is 0 Å². The average molecular weight is 325 g/mol. The van der Waals surface area contributed by atoms with Gasteiger partial charge >= 0.3 is 6.18 Å². The number of fused-ring (bicyclic) bond motifs is 2. The van der Waals surface area contributed by atoms with Gasteiger partial charge in [-0.05, 0) is 18.6 Å². The third kappa shape index (κ3) is 2.58. The lowest BCUT2D eigenvalue weighted by Gasteiger charge is -2.20. The van der Waals surface area contributed by atoms with Crippen LogP contribution in [0, 0.1) is 0 Å². The highest BCUT2D eigenvalue weighted by Crippen LogP contribution is 2.44. The van der Waals surface area contributed by atoms with Gasteiger partial charge in [-0.1, -0.05) is 36.0 Å². The van der Waals surface area contributed by atoms with Crippen molar-refractivity contribution in [2.75, 3.05) is 0 Å². The lowest BCUT2D eigenvalue weighted by molar-refractivity contribution is -0.139. The van der Waals surface area contributed by atoms with E-state index in [0.29, 0.717) is 22.4 Å². The quantitative estimate of drug-likeness (QED) is 0.476. The summed E-state index contributed by atoms with van der Waals surface area (Å²) in [5.74, 6) is 0. The number of nitrogens with zero attached hydrogens (tertiary/aromatic N) is 1. The van der Waals surface area contributed by atoms with E-state index in [2.05, 4.69) is 4.40 Å². The second kappa shape index (κ2) is 5.10. The first-order chi connectivity index (χ1) is 9.88. The minimum Gasteiger partial charge on any atom is -0.219 e. The standard InChI is InChI=1S/C15H10F3NS2/c1-8-5-9-7-19-21-14-10(13(9)12(20)6-8)3-2-4-11(14)15(16,17)18/h2-5,7H,6H2,1H3. The molecule has 1 aliphatic heterocycles. The van der Waals surface area contributed by atoms with E-state index >= 15 is 0 Å². The predicted molar refractivity (Wildman–Crippen MR) is 83.7 cm³/mol. The Bertz CT molecular complexity index is 727. The summed E-state index contributed by atoms with van der Waals surface area (Å²) in [4.78, 5) is 0.793. The number of halogens is 3. The Morgan fingerprint density at radius 2 is 2.05 bits per heavy atom. The molecule has 1 heterocycles. The molecule has 1 nitrogen and oxygen atoms in total. The zero-order valence-corrected chi connectivity index (χ0v) is 12.6. The fourth-order valence-electron chi connectivity index (χ4n) is 2.49. The van der Waals surface area contributed by atoms with Gasteiger partial charge in [-0.15, -0.1) is 0 Å². The van der Waals surface area contributed by atoms with Crippen LogP contribution in [0.1, 0.15) is 24.5 Å². The van der Waals surface area contributed by atoms with Crippen molar-refractivity contribution in [1.82, 2.24) is 0 Å². The summed E-state index contributed by atoms with van der Waals surface area (Å²) in [5, 5.41) is 0. The zero-order valence-electron chi connectivity index (χ0n) is 11.0. The van der Waals surface area contributed by atoms with Gasteiger partial charge in [0.2, 0.25) is 0 Å². The van der Waals surface area contributed by atoms with Crippen LogP contribution in [-0.2, 0) is 6.18 Å². The molecular formula is C15H10F3NS2. The van der Waals surface area contributed by atoms with Crippen LogP contribution < -0.4 is 0 Å². The number of benzene rings is 1. The van der Waals surface area contributed by atoms with Crippen molar-refractivity contribution in [3.05, 3.63) is 46.5 Å². The first-order valence-electron chi connectivity index (χ1n) is 6.23. The monoisotopic (exact) mass is 325 g/mol. The number of thiocarbonyl (C=S) groups is 1. The largest absolute Gasteiger partial charge is 0.417 e. The van der Waals surface area contributed by atoms with Crippen LogP contribution >= 0.6 is 24.2 Å². The molecule has 0 atom stereocenters. The molecule has 21 heavy (non-hydrogen) atoms. The summed E-state index contributed by atoms with van der Waals surface area (Å²) in [6.07, 6.45) is -0.275. The maximum Gasteiger partial charge on any atom is 0.417 e. The van der Waals surface area contributed by atoms with Crippen molar-refractivity contribution >= 4 is 40.8 Å². The van der Waals surface area contributed by atoms with E-state index in [1.54, 1.807) is 12.3 Å². The summed E-state index contributed by atoms with van der Waals surface area (Å²) in [7, 11) is 0. The lowest BCUT2D eigenvalue weighted by Crippen LogP contribution is -2.12. The molecule has 0 bridgehead atoms. The van der Waals surface area contributed by atoms with E-state index in [1.807, 2.05) is 13.0 Å². The summed E-state index contributed by atoms with van der Waals surface area (Å²) in [5.41, 5.74) is 2.44. The molecule has 0 saturated heterocycles. The summed E-state index contributed by atoms with van der Waals surface area (Å²) < 4.78 is 43.6. The van der Waals surface area contributed by atoms with Gasteiger partial charge in [0.05, 0.1) is 10.5 Å². The Hall–Kier alpha value is -1.40. The minimum atomic E-state index is -4.40. The highest BCUT2D eigenvalue weighted by molar-refractivity contribution is 7.98. The van der Waals surface area contributed by atoms with Crippen molar-refractivity contribution in [2.45, 2.75) is 24.4 Å². The van der Waals surface area contributed by atoms with Crippen molar-refractivity contribution < 1.29 is 13.2 Å². The van der Waals surface area contributed by atoms with Gasteiger partial charge in [0.25, 0.3) is 0 Å². The highest BCUT2D eigenvalue weighted by Gasteiger charge is 2.36. The van der Waals surface area contributed by atoms with Gasteiger partial charge in [-0.25, -0.2) is 4.40 Å². The molecule has 0 spiro atoms. The zero-order chi connectivity index (χ0) is 15.2. The van der Waals surface area contributed by atoms with Gasteiger partial charge in [0, 0.05) is 40.6 Å². The Morgan fingerprint density at radius 1 is 1.29 bits per heavy atom. The number of alkyl halides is 3. The smallest absolute Gasteiger partial charge is 0.219 e. The van der Waals surface area contributed by atoms with E-state index in [-0.39, 0.29) is 4.90 Å². The topological polar surface area (TPSA) is 12.4 Å². The number of allylic oxidation sites excluding steroid dienone is 4. The Kier molecular flexibility index (Phi) is 3.53. The maximum atomic E-state index is 13.2. The molecule has 0 radical (unpaired) electrons. The second-order valence-corrected chi connectivity index (χ2v) is 6.22. The predicted octanol–water partition coefficient (Wildman–Crippen LogP) is 5.27. The maximum absolute atomic E-state index is 13.2. The molecule has 0 aromatic heterocycles. The molecule has 0 amide bonds. The molecule has 2 aliphatic rings. The molecule has 1 aromatic rings. The van der Waals surface area contributed by atoms with Crippen LogP contribution in [0.3, 0.4) is 0 Å². The van der Waals surface area contributed by atoms with Crippen LogP contribution in [0.25, 0.3) is 5.57 Å². The fraction of sp³-hybridized carbons (Fsp3) is 0.200. The number of rotatable bonds is 0. The van der Waals surface area contributed by atoms with Gasteiger partial charge in [-0.3, -0.25) is 0 Å². The Balaban J connectivity index is 2.29. The SMILES string of the molecule is CC1=CC2=C(C(=S)C1)c1cccc(C(F)(F)F)c1SN=C2. The van der Waals surface area contributed by atoms with Crippen molar-refractivity contribution in [3.63, 3.8) is 0 Å². The molecule has 1 aromatic carbocycles. The molecule has 0 unspecified atom stereocenters. The molecule has 3 rings (SSSR count). The van der Waals surface area contributed by atoms with Crippen LogP contribution in [0.15, 0.2) is 44.7 Å². The Labute approximate surface area is 129 Å². The summed E-state index contributed by atoms with van der Waals surface area (Å²) in [6, 6.07) is 4.19. The van der Waals surface area contributed by atoms with E-state index in [0.717, 1.165) is 29.2 Å². The normalized spacial score (nSPS) is 18.1. The van der Waals surface area contributed by atoms with Crippen LogP contribution in [0.2, 0.25) is 0 Å². The van der Waals surface area contributed by atoms with E-state index in [4.69, 9.17) is 12.2 Å². The fourth-order valence-corrected chi connectivity index (χ4v) is 3.77. The van der Waals surface area contributed by atoms with Gasteiger partial charge in [-0.2, -0.15) is 13.2 Å². The average Bonchev–Trinajstić information content (AvgIpc) is 2.55. The van der Waals surface area contributed by atoms with Gasteiger partial charge in [0.1, 0.15) is 0 Å². The van der Waals surface area contributed by atoms with Crippen molar-refractivity contribution in [1.29, 1.82) is 0 Å². The van der Waals surface area contributed by atoms with E-state index in [9.17, 15) is 13.2 Å². The van der Waals surface area contributed by atoms with Gasteiger partial charge in [0.15, 0.2) is 0 Å². The molecule has 1 aliphatic carbocycles. The summed E-state index contributed by atoms with van der Waals surface area (Å²) >= 11 is 6.25. The first kappa shape index (κ1) is 14.5. The molecule has 6 heteroatoms. The molecule has 0 saturated carbocycles. The van der Waals surface area contributed by atoms with Crippen molar-refractivity contribution in [2.24, 2.45) is 4.40 Å². The molecular weight excluding hydrogens is 315 g/mol. The molecule has 0 N–H and O–H groups in total. The third-order valence-corrected chi connectivity index (χ3v) is 4.52. The van der Waals surface area contributed by atoms with E-state index < -0.39 is 11.7 Å². The molecule has 108 valence electrons. The number of hydrogen-bond donors (Lipinski definition) is 0. The first-order valence-corrected chi connectivity index (χ1v) is 7.41. The third-order valence-electron chi connectivity index (χ3n) is 3.33. The van der Waals surface area contributed by atoms with E-state index in [1.165, 1.54) is 6.07 Å². The Morgan fingerprint density at radius 3 is 2.76 bits per heavy atom. The van der Waals surface area contributed by atoms with Crippen LogP contribution in [0.4, 0.5) is 13.2 Å². The highest BCUT2D eigenvalue weighted by atomic mass is 32.2. The van der Waals surface area contributed by atoms with Gasteiger partial charge < -0.3 is 0 Å². The summed E-state index contributed by atoms with van der Waals surface area (Å²) in [6.45, 7) is 1.95. The minimum absolute atomic E-state index is 0.126.